The summed E-state index contributed by atoms with van der Waals surface area (Å²) in [5.74, 6) is -0.129. The molecule has 1 atom stereocenters. The number of carbonyl (C=O) groups excluding carboxylic acids is 1. The molecule has 0 aliphatic carbocycles. The van der Waals surface area contributed by atoms with Crippen molar-refractivity contribution in [1.82, 2.24) is 15.6 Å². The van der Waals surface area contributed by atoms with Gasteiger partial charge in [0.1, 0.15) is 0 Å². The van der Waals surface area contributed by atoms with Crippen molar-refractivity contribution in [1.29, 1.82) is 0 Å². The fraction of sp³-hybridized carbons (Fsp3) is 0.500. The van der Waals surface area contributed by atoms with E-state index in [2.05, 4.69) is 15.6 Å². The molecule has 0 spiro atoms. The van der Waals surface area contributed by atoms with Crippen LogP contribution < -0.4 is 10.6 Å². The average molecular weight is 327 g/mol. The van der Waals surface area contributed by atoms with Crippen molar-refractivity contribution < 1.29 is 4.79 Å². The van der Waals surface area contributed by atoms with Crippen molar-refractivity contribution in [2.24, 2.45) is 0 Å². The maximum Gasteiger partial charge on any atom is 0.252 e. The van der Waals surface area contributed by atoms with Crippen LogP contribution in [-0.2, 0) is 0 Å². The van der Waals surface area contributed by atoms with Crippen molar-refractivity contribution in [2.75, 3.05) is 13.1 Å². The highest BCUT2D eigenvalue weighted by Crippen LogP contribution is 2.13. The molecule has 0 unspecified atom stereocenters. The van der Waals surface area contributed by atoms with Crippen LogP contribution in [0.2, 0.25) is 5.02 Å². The van der Waals surface area contributed by atoms with E-state index in [1.165, 1.54) is 19.0 Å². The molecule has 19 heavy (non-hydrogen) atoms. The molecule has 0 saturated carbocycles. The first kappa shape index (κ1) is 18.4. The van der Waals surface area contributed by atoms with Crippen LogP contribution in [0.1, 0.15) is 29.6 Å². The Balaban J connectivity index is 0.00000162. The molecule has 108 valence electrons. The first-order valence-corrected chi connectivity index (χ1v) is 6.26. The first-order valence-electron chi connectivity index (χ1n) is 5.88. The van der Waals surface area contributed by atoms with Gasteiger partial charge in [0.05, 0.1) is 10.6 Å². The first-order chi connectivity index (χ1) is 8.27. The van der Waals surface area contributed by atoms with Gasteiger partial charge in [0.25, 0.3) is 5.91 Å². The van der Waals surface area contributed by atoms with E-state index in [9.17, 15) is 4.79 Å². The van der Waals surface area contributed by atoms with Gasteiger partial charge in [-0.15, -0.1) is 24.8 Å². The topological polar surface area (TPSA) is 54.0 Å². The van der Waals surface area contributed by atoms with Crippen LogP contribution in [0.4, 0.5) is 0 Å². The van der Waals surface area contributed by atoms with E-state index in [0.29, 0.717) is 23.2 Å². The Labute approximate surface area is 130 Å². The quantitative estimate of drug-likeness (QED) is 0.893. The molecule has 1 aromatic heterocycles. The lowest BCUT2D eigenvalue weighted by Gasteiger charge is -2.11. The third-order valence-corrected chi connectivity index (χ3v) is 3.26. The number of hydrogen-bond donors (Lipinski definition) is 2. The van der Waals surface area contributed by atoms with Crippen LogP contribution in [0, 0.1) is 0 Å². The number of halogens is 3. The number of amides is 1. The van der Waals surface area contributed by atoms with E-state index in [4.69, 9.17) is 11.6 Å². The van der Waals surface area contributed by atoms with Crippen LogP contribution in [0.25, 0.3) is 0 Å². The van der Waals surface area contributed by atoms with E-state index in [0.717, 1.165) is 13.0 Å². The normalized spacial score (nSPS) is 17.2. The van der Waals surface area contributed by atoms with E-state index in [1.807, 2.05) is 0 Å². The average Bonchev–Trinajstić information content (AvgIpc) is 2.82. The molecule has 4 nitrogen and oxygen atoms in total. The van der Waals surface area contributed by atoms with Gasteiger partial charge in [0.15, 0.2) is 0 Å². The predicted molar refractivity (Wildman–Crippen MR) is 81.7 cm³/mol. The number of pyridine rings is 1. The van der Waals surface area contributed by atoms with Gasteiger partial charge in [-0.25, -0.2) is 0 Å². The van der Waals surface area contributed by atoms with Crippen LogP contribution >= 0.6 is 36.4 Å². The Morgan fingerprint density at radius 2 is 2.32 bits per heavy atom. The summed E-state index contributed by atoms with van der Waals surface area (Å²) in [6, 6.07) is 2.18. The van der Waals surface area contributed by atoms with Gasteiger partial charge in [-0.05, 0) is 31.9 Å². The highest BCUT2D eigenvalue weighted by Gasteiger charge is 2.14. The molecule has 1 aliphatic rings. The number of nitrogens with one attached hydrogen (secondary N) is 2. The summed E-state index contributed by atoms with van der Waals surface area (Å²) in [4.78, 5) is 15.6. The van der Waals surface area contributed by atoms with E-state index in [-0.39, 0.29) is 30.7 Å². The van der Waals surface area contributed by atoms with Gasteiger partial charge < -0.3 is 10.6 Å². The summed E-state index contributed by atoms with van der Waals surface area (Å²) in [7, 11) is 0. The molecule has 7 heteroatoms. The lowest BCUT2D eigenvalue weighted by atomic mass is 10.1. The summed E-state index contributed by atoms with van der Waals surface area (Å²) in [5, 5.41) is 6.66. The molecule has 0 radical (unpaired) electrons. The van der Waals surface area contributed by atoms with E-state index < -0.39 is 0 Å². The number of hydrogen-bond acceptors (Lipinski definition) is 3. The number of rotatable bonds is 4. The molecule has 2 heterocycles. The molecule has 1 amide bonds. The molecule has 2 N–H and O–H groups in total. The largest absolute Gasteiger partial charge is 0.352 e. The van der Waals surface area contributed by atoms with Crippen LogP contribution in [0.5, 0.6) is 0 Å². The molecule has 1 fully saturated rings. The highest BCUT2D eigenvalue weighted by molar-refractivity contribution is 6.33. The number of aromatic nitrogens is 1. The molecular formula is C12H18Cl3N3O. The Morgan fingerprint density at radius 3 is 2.95 bits per heavy atom. The maximum absolute atomic E-state index is 11.8. The fourth-order valence-corrected chi connectivity index (χ4v) is 2.22. The molecule has 0 bridgehead atoms. The molecule has 1 aromatic rings. The second-order valence-electron chi connectivity index (χ2n) is 4.19. The Hall–Kier alpha value is -0.550. The van der Waals surface area contributed by atoms with Crippen molar-refractivity contribution in [2.45, 2.75) is 25.3 Å². The Kier molecular flexibility index (Phi) is 9.10. The summed E-state index contributed by atoms with van der Waals surface area (Å²) >= 11 is 5.89. The molecular weight excluding hydrogens is 309 g/mol. The minimum Gasteiger partial charge on any atom is -0.352 e. The SMILES string of the molecule is Cl.Cl.O=C(NCC[C@H]1CCCN1)c1ccncc1Cl. The van der Waals surface area contributed by atoms with Gasteiger partial charge >= 0.3 is 0 Å². The molecule has 2 rings (SSSR count). The van der Waals surface area contributed by atoms with Crippen molar-refractivity contribution in [3.8, 4) is 0 Å². The zero-order valence-corrected chi connectivity index (χ0v) is 12.8. The standard InChI is InChI=1S/C12H16ClN3O.2ClH/c13-11-8-14-6-4-10(11)12(17)16-7-3-9-2-1-5-15-9;;/h4,6,8-9,15H,1-3,5,7H2,(H,16,17);2*1H/t9-;;/m1../s1. The lowest BCUT2D eigenvalue weighted by Crippen LogP contribution is -2.30. The van der Waals surface area contributed by atoms with E-state index in [1.54, 1.807) is 12.3 Å². The summed E-state index contributed by atoms with van der Waals surface area (Å²) in [6.07, 6.45) is 6.45. The summed E-state index contributed by atoms with van der Waals surface area (Å²) < 4.78 is 0. The monoisotopic (exact) mass is 325 g/mol. The minimum atomic E-state index is -0.129. The van der Waals surface area contributed by atoms with Gasteiger partial charge in [0, 0.05) is 25.0 Å². The Morgan fingerprint density at radius 1 is 1.53 bits per heavy atom. The smallest absolute Gasteiger partial charge is 0.252 e. The van der Waals surface area contributed by atoms with Crippen LogP contribution in [0.15, 0.2) is 18.5 Å². The molecule has 1 aliphatic heterocycles. The highest BCUT2D eigenvalue weighted by atomic mass is 35.5. The Bertz CT molecular complexity index is 398. The number of nitrogens with zero attached hydrogens (tertiary/aromatic N) is 1. The van der Waals surface area contributed by atoms with Crippen molar-refractivity contribution in [3.05, 3.63) is 29.0 Å². The summed E-state index contributed by atoms with van der Waals surface area (Å²) in [5.41, 5.74) is 0.487. The van der Waals surface area contributed by atoms with Gasteiger partial charge in [-0.1, -0.05) is 11.6 Å². The van der Waals surface area contributed by atoms with Gasteiger partial charge in [0.2, 0.25) is 0 Å². The lowest BCUT2D eigenvalue weighted by molar-refractivity contribution is 0.0952. The molecule has 1 saturated heterocycles. The third-order valence-electron chi connectivity index (χ3n) is 2.96. The summed E-state index contributed by atoms with van der Waals surface area (Å²) in [6.45, 7) is 1.77. The van der Waals surface area contributed by atoms with Gasteiger partial charge in [-0.3, -0.25) is 9.78 Å². The number of carbonyl (C=O) groups is 1. The maximum atomic E-state index is 11.8. The fourth-order valence-electron chi connectivity index (χ4n) is 2.02. The third kappa shape index (κ3) is 5.53. The van der Waals surface area contributed by atoms with Crippen molar-refractivity contribution in [3.63, 3.8) is 0 Å². The van der Waals surface area contributed by atoms with Crippen LogP contribution in [-0.4, -0.2) is 30.0 Å². The minimum absolute atomic E-state index is 0. The molecule has 0 aromatic carbocycles. The zero-order chi connectivity index (χ0) is 12.1. The van der Waals surface area contributed by atoms with E-state index >= 15 is 0 Å². The van der Waals surface area contributed by atoms with Crippen molar-refractivity contribution >= 4 is 42.3 Å². The van der Waals surface area contributed by atoms with Gasteiger partial charge in [-0.2, -0.15) is 0 Å². The predicted octanol–water partition coefficient (Wildman–Crippen LogP) is 2.45. The second kappa shape index (κ2) is 9.37. The van der Waals surface area contributed by atoms with Crippen LogP contribution in [0.3, 0.4) is 0 Å². The second-order valence-corrected chi connectivity index (χ2v) is 4.60. The zero-order valence-electron chi connectivity index (χ0n) is 10.4.